The molecule has 0 atom stereocenters. The Labute approximate surface area is 180 Å². The molecule has 0 heterocycles. The van der Waals surface area contributed by atoms with E-state index in [-0.39, 0.29) is 0 Å². The summed E-state index contributed by atoms with van der Waals surface area (Å²) in [4.78, 5) is 0. The van der Waals surface area contributed by atoms with Crippen LogP contribution in [0.25, 0.3) is 0 Å². The van der Waals surface area contributed by atoms with Crippen molar-refractivity contribution in [3.63, 3.8) is 0 Å². The molecule has 0 aromatic carbocycles. The summed E-state index contributed by atoms with van der Waals surface area (Å²) in [5.74, 6) is 0. The molecule has 0 aromatic heterocycles. The predicted molar refractivity (Wildman–Crippen MR) is 127 cm³/mol. The quantitative estimate of drug-likeness (QED) is 0.0985. The van der Waals surface area contributed by atoms with Crippen molar-refractivity contribution in [1.82, 2.24) is 0 Å². The highest BCUT2D eigenvalue weighted by molar-refractivity contribution is 6.59. The third-order valence-electron chi connectivity index (χ3n) is 4.53. The molecule has 0 spiro atoms. The third-order valence-corrected chi connectivity index (χ3v) is 5.80. The SMILES string of the molecule is CCCCCC(C)=NO[Si](C)(ON=C(C)CCCCC)ON=C(C)CCCCC. The number of unbranched alkanes of at least 4 members (excludes halogenated alkanes) is 6. The minimum absolute atomic E-state index is 0.914. The van der Waals surface area contributed by atoms with Crippen LogP contribution in [0.2, 0.25) is 6.55 Å². The summed E-state index contributed by atoms with van der Waals surface area (Å²) in [6.07, 6.45) is 13.2. The smallest absolute Gasteiger partial charge is 0.373 e. The zero-order chi connectivity index (χ0) is 22.0. The number of hydrogen-bond donors (Lipinski definition) is 0. The van der Waals surface area contributed by atoms with Gasteiger partial charge in [-0.3, -0.25) is 0 Å². The lowest BCUT2D eigenvalue weighted by molar-refractivity contribution is 0.0722. The van der Waals surface area contributed by atoms with E-state index in [1.54, 1.807) is 6.55 Å². The maximum atomic E-state index is 5.74. The average Bonchev–Trinajstić information content (AvgIpc) is 2.70. The van der Waals surface area contributed by atoms with Crippen molar-refractivity contribution in [2.45, 2.75) is 125 Å². The summed E-state index contributed by atoms with van der Waals surface area (Å²) >= 11 is 0. The first-order valence-corrected chi connectivity index (χ1v) is 13.7. The van der Waals surface area contributed by atoms with E-state index in [0.29, 0.717) is 0 Å². The molecule has 0 saturated heterocycles. The molecule has 0 fully saturated rings. The summed E-state index contributed by atoms with van der Waals surface area (Å²) in [6, 6.07) is 0. The van der Waals surface area contributed by atoms with Gasteiger partial charge in [-0.2, -0.15) is 0 Å². The number of nitrogens with zero attached hydrogens (tertiary/aromatic N) is 3. The molecular weight excluding hydrogens is 382 g/mol. The Balaban J connectivity index is 4.97. The van der Waals surface area contributed by atoms with Gasteiger partial charge in [-0.15, -0.1) is 15.5 Å². The monoisotopic (exact) mass is 427 g/mol. The van der Waals surface area contributed by atoms with Crippen LogP contribution in [0.4, 0.5) is 0 Å². The topological polar surface area (TPSA) is 64.8 Å². The molecule has 0 unspecified atom stereocenters. The minimum Gasteiger partial charge on any atom is -0.373 e. The van der Waals surface area contributed by atoms with E-state index < -0.39 is 8.80 Å². The van der Waals surface area contributed by atoms with Gasteiger partial charge in [-0.25, -0.2) is 0 Å². The van der Waals surface area contributed by atoms with Crippen LogP contribution in [0.1, 0.15) is 119 Å². The maximum absolute atomic E-state index is 5.74. The second-order valence-electron chi connectivity index (χ2n) is 7.99. The molecular formula is C22H45N3O3Si. The molecule has 7 heteroatoms. The highest BCUT2D eigenvalue weighted by atomic mass is 28.4. The van der Waals surface area contributed by atoms with E-state index in [1.165, 1.54) is 38.5 Å². The van der Waals surface area contributed by atoms with Gasteiger partial charge in [0.05, 0.1) is 17.1 Å². The summed E-state index contributed by atoms with van der Waals surface area (Å²) < 4.78 is 17.2. The Morgan fingerprint density at radius 2 is 0.828 bits per heavy atom. The Morgan fingerprint density at radius 1 is 0.552 bits per heavy atom. The molecule has 0 aliphatic rings. The predicted octanol–water partition coefficient (Wildman–Crippen LogP) is 7.47. The second-order valence-corrected chi connectivity index (χ2v) is 10.3. The summed E-state index contributed by atoms with van der Waals surface area (Å²) in [5.41, 5.74) is 2.82. The summed E-state index contributed by atoms with van der Waals surface area (Å²) in [7, 11) is -3.14. The third kappa shape index (κ3) is 16.1. The standard InChI is InChI=1S/C22H45N3O3Si/c1-8-11-14-17-20(4)23-26-29(7,27-24-21(5)18-15-12-9-2)28-25-22(6)19-16-13-10-3/h8-19H2,1-7H3. The lowest BCUT2D eigenvalue weighted by Crippen LogP contribution is -2.38. The lowest BCUT2D eigenvalue weighted by Gasteiger charge is -2.19. The summed E-state index contributed by atoms with van der Waals surface area (Å²) in [5, 5.41) is 12.8. The van der Waals surface area contributed by atoms with Crippen LogP contribution in [-0.4, -0.2) is 25.9 Å². The van der Waals surface area contributed by atoms with Crippen molar-refractivity contribution in [2.24, 2.45) is 15.5 Å². The maximum Gasteiger partial charge on any atom is 0.759 e. The molecule has 0 bridgehead atoms. The van der Waals surface area contributed by atoms with E-state index in [2.05, 4.69) is 36.2 Å². The van der Waals surface area contributed by atoms with Crippen molar-refractivity contribution in [2.75, 3.05) is 0 Å². The van der Waals surface area contributed by atoms with E-state index in [9.17, 15) is 0 Å². The van der Waals surface area contributed by atoms with Gasteiger partial charge in [0.25, 0.3) is 0 Å². The van der Waals surface area contributed by atoms with Gasteiger partial charge in [0.15, 0.2) is 0 Å². The Hall–Kier alpha value is -1.37. The van der Waals surface area contributed by atoms with Crippen LogP contribution in [0.3, 0.4) is 0 Å². The first-order valence-electron chi connectivity index (χ1n) is 11.5. The highest BCUT2D eigenvalue weighted by Crippen LogP contribution is 2.14. The van der Waals surface area contributed by atoms with Gasteiger partial charge >= 0.3 is 8.80 Å². The van der Waals surface area contributed by atoms with Crippen molar-refractivity contribution >= 4 is 25.9 Å². The number of hydrogen-bond acceptors (Lipinski definition) is 6. The van der Waals surface area contributed by atoms with Gasteiger partial charge in [0, 0.05) is 6.55 Å². The largest absolute Gasteiger partial charge is 0.759 e. The number of rotatable bonds is 18. The molecule has 0 rings (SSSR count). The molecule has 0 saturated carbocycles. The Bertz CT molecular complexity index is 438. The van der Waals surface area contributed by atoms with E-state index in [0.717, 1.165) is 55.7 Å². The van der Waals surface area contributed by atoms with Crippen LogP contribution in [0.15, 0.2) is 15.5 Å². The van der Waals surface area contributed by atoms with E-state index in [4.69, 9.17) is 13.6 Å². The first kappa shape index (κ1) is 27.6. The van der Waals surface area contributed by atoms with Gasteiger partial charge in [0.1, 0.15) is 0 Å². The molecule has 29 heavy (non-hydrogen) atoms. The van der Waals surface area contributed by atoms with Gasteiger partial charge < -0.3 is 13.6 Å². The normalized spacial score (nSPS) is 15.2. The van der Waals surface area contributed by atoms with Crippen LogP contribution in [-0.2, 0) is 13.6 Å². The molecule has 170 valence electrons. The molecule has 0 aliphatic heterocycles. The fourth-order valence-electron chi connectivity index (χ4n) is 2.56. The minimum atomic E-state index is -3.14. The molecule has 0 amide bonds. The van der Waals surface area contributed by atoms with Crippen LogP contribution < -0.4 is 0 Å². The fourth-order valence-corrected chi connectivity index (χ4v) is 3.63. The summed E-state index contributed by atoms with van der Waals surface area (Å²) in [6.45, 7) is 14.3. The molecule has 0 radical (unpaired) electrons. The zero-order valence-electron chi connectivity index (χ0n) is 20.1. The van der Waals surface area contributed by atoms with Gasteiger partial charge in [-0.05, 0) is 59.3 Å². The zero-order valence-corrected chi connectivity index (χ0v) is 21.1. The van der Waals surface area contributed by atoms with Crippen LogP contribution in [0.5, 0.6) is 0 Å². The molecule has 6 nitrogen and oxygen atoms in total. The lowest BCUT2D eigenvalue weighted by atomic mass is 10.1. The van der Waals surface area contributed by atoms with E-state index >= 15 is 0 Å². The average molecular weight is 428 g/mol. The van der Waals surface area contributed by atoms with Gasteiger partial charge in [-0.1, -0.05) is 59.3 Å². The first-order chi connectivity index (χ1) is 13.9. The van der Waals surface area contributed by atoms with Gasteiger partial charge in [0.2, 0.25) is 0 Å². The molecule has 0 N–H and O–H groups in total. The van der Waals surface area contributed by atoms with Crippen LogP contribution in [0, 0.1) is 0 Å². The fraction of sp³-hybridized carbons (Fsp3) is 0.864. The Morgan fingerprint density at radius 3 is 1.07 bits per heavy atom. The van der Waals surface area contributed by atoms with Crippen LogP contribution >= 0.6 is 0 Å². The molecule has 0 aromatic rings. The number of oxime groups is 3. The highest BCUT2D eigenvalue weighted by Gasteiger charge is 2.45. The second kappa shape index (κ2) is 17.5. The van der Waals surface area contributed by atoms with Crippen molar-refractivity contribution < 1.29 is 13.6 Å². The molecule has 0 aliphatic carbocycles. The van der Waals surface area contributed by atoms with Crippen molar-refractivity contribution in [1.29, 1.82) is 0 Å². The Kier molecular flexibility index (Phi) is 16.7. The van der Waals surface area contributed by atoms with E-state index in [1.807, 2.05) is 20.8 Å². The van der Waals surface area contributed by atoms with Crippen molar-refractivity contribution in [3.05, 3.63) is 0 Å². The van der Waals surface area contributed by atoms with Crippen molar-refractivity contribution in [3.8, 4) is 0 Å².